The van der Waals surface area contributed by atoms with E-state index < -0.39 is 5.97 Å². The fourth-order valence-corrected chi connectivity index (χ4v) is 4.13. The van der Waals surface area contributed by atoms with E-state index >= 15 is 0 Å². The Morgan fingerprint density at radius 1 is 1.29 bits per heavy atom. The summed E-state index contributed by atoms with van der Waals surface area (Å²) in [6, 6.07) is 6.89. The topological polar surface area (TPSA) is 75.6 Å². The molecule has 1 aliphatic carbocycles. The number of aryl methyl sites for hydroxylation is 1. The van der Waals surface area contributed by atoms with Crippen molar-refractivity contribution in [1.82, 2.24) is 5.32 Å². The van der Waals surface area contributed by atoms with E-state index in [0.717, 1.165) is 25.0 Å². The fraction of sp³-hybridized carbons (Fsp3) is 0.579. The van der Waals surface area contributed by atoms with Crippen molar-refractivity contribution in [3.05, 3.63) is 35.4 Å². The maximum atomic E-state index is 12.3. The van der Waals surface area contributed by atoms with Gasteiger partial charge in [0.2, 0.25) is 5.91 Å². The molecule has 1 aromatic rings. The Balaban J connectivity index is 1.51. The van der Waals surface area contributed by atoms with Gasteiger partial charge in [0.1, 0.15) is 0 Å². The summed E-state index contributed by atoms with van der Waals surface area (Å²) in [4.78, 5) is 23.2. The molecule has 2 fully saturated rings. The van der Waals surface area contributed by atoms with Gasteiger partial charge in [-0.05, 0) is 37.0 Å². The summed E-state index contributed by atoms with van der Waals surface area (Å²) in [6.07, 6.45) is 3.48. The highest BCUT2D eigenvalue weighted by atomic mass is 16.5. The van der Waals surface area contributed by atoms with Crippen LogP contribution in [-0.4, -0.2) is 35.7 Å². The summed E-state index contributed by atoms with van der Waals surface area (Å²) >= 11 is 0. The van der Waals surface area contributed by atoms with E-state index in [1.807, 2.05) is 0 Å². The number of nitrogens with one attached hydrogen (secondary N) is 1. The number of hydrogen-bond acceptors (Lipinski definition) is 3. The number of carbonyl (C=O) groups is 2. The van der Waals surface area contributed by atoms with Crippen LogP contribution in [0.4, 0.5) is 0 Å². The van der Waals surface area contributed by atoms with Crippen LogP contribution in [0.1, 0.15) is 49.0 Å². The quantitative estimate of drug-likeness (QED) is 0.870. The summed E-state index contributed by atoms with van der Waals surface area (Å²) in [5.41, 5.74) is 1.23. The van der Waals surface area contributed by atoms with E-state index in [4.69, 9.17) is 9.84 Å². The molecule has 0 spiro atoms. The second-order valence-electron chi connectivity index (χ2n) is 7.47. The van der Waals surface area contributed by atoms with Gasteiger partial charge in [-0.1, -0.05) is 26.0 Å². The molecule has 3 rings (SSSR count). The molecule has 5 heteroatoms. The van der Waals surface area contributed by atoms with Crippen LogP contribution in [0, 0.1) is 11.3 Å². The van der Waals surface area contributed by atoms with Crippen molar-refractivity contribution in [1.29, 1.82) is 0 Å². The number of fused-ring (bicyclic) bond motifs is 1. The molecule has 0 radical (unpaired) electrons. The number of ether oxygens (including phenoxy) is 1. The molecule has 0 aromatic heterocycles. The van der Waals surface area contributed by atoms with E-state index in [1.165, 1.54) is 0 Å². The second-order valence-corrected chi connectivity index (χ2v) is 7.47. The zero-order valence-corrected chi connectivity index (χ0v) is 14.2. The van der Waals surface area contributed by atoms with Crippen molar-refractivity contribution in [3.63, 3.8) is 0 Å². The van der Waals surface area contributed by atoms with Gasteiger partial charge < -0.3 is 15.2 Å². The van der Waals surface area contributed by atoms with Crippen LogP contribution in [0.2, 0.25) is 0 Å². The van der Waals surface area contributed by atoms with E-state index in [1.54, 1.807) is 24.3 Å². The molecule has 1 aromatic carbocycles. The van der Waals surface area contributed by atoms with Crippen molar-refractivity contribution < 1.29 is 19.4 Å². The SMILES string of the molecule is CC1(C)C(NC(=O)CCc2ccc(C(=O)O)cc2)C2CCCOC21. The Morgan fingerprint density at radius 2 is 2.00 bits per heavy atom. The van der Waals surface area contributed by atoms with E-state index in [9.17, 15) is 9.59 Å². The number of carboxylic acids is 1. The molecule has 1 aliphatic heterocycles. The van der Waals surface area contributed by atoms with E-state index in [0.29, 0.717) is 18.8 Å². The Kier molecular flexibility index (Phi) is 4.63. The van der Waals surface area contributed by atoms with Crippen LogP contribution < -0.4 is 5.32 Å². The van der Waals surface area contributed by atoms with Crippen LogP contribution in [0.15, 0.2) is 24.3 Å². The molecule has 2 N–H and O–H groups in total. The lowest BCUT2D eigenvalue weighted by Gasteiger charge is -2.59. The molecule has 1 heterocycles. The van der Waals surface area contributed by atoms with Gasteiger partial charge in [0.05, 0.1) is 11.7 Å². The van der Waals surface area contributed by atoms with Crippen molar-refractivity contribution >= 4 is 11.9 Å². The molecule has 1 saturated carbocycles. The minimum Gasteiger partial charge on any atom is -0.478 e. The van der Waals surface area contributed by atoms with Gasteiger partial charge in [-0.25, -0.2) is 4.79 Å². The Morgan fingerprint density at radius 3 is 2.67 bits per heavy atom. The number of carboxylic acid groups (broad SMARTS) is 1. The van der Waals surface area contributed by atoms with Crippen LogP contribution >= 0.6 is 0 Å². The fourth-order valence-electron chi connectivity index (χ4n) is 4.13. The highest BCUT2D eigenvalue weighted by Gasteiger charge is 2.58. The molecule has 130 valence electrons. The van der Waals surface area contributed by atoms with Gasteiger partial charge in [0.25, 0.3) is 0 Å². The molecule has 5 nitrogen and oxygen atoms in total. The zero-order valence-electron chi connectivity index (χ0n) is 14.2. The molecule has 3 atom stereocenters. The largest absolute Gasteiger partial charge is 0.478 e. The number of rotatable bonds is 5. The Labute approximate surface area is 142 Å². The highest BCUT2D eigenvalue weighted by Crippen LogP contribution is 2.51. The monoisotopic (exact) mass is 331 g/mol. The van der Waals surface area contributed by atoms with Crippen LogP contribution in [0.3, 0.4) is 0 Å². The lowest BCUT2D eigenvalue weighted by atomic mass is 9.55. The number of benzene rings is 1. The predicted molar refractivity (Wildman–Crippen MR) is 89.9 cm³/mol. The Bertz CT molecular complexity index is 623. The average molecular weight is 331 g/mol. The third-order valence-corrected chi connectivity index (χ3v) is 5.49. The van der Waals surface area contributed by atoms with Gasteiger partial charge in [-0.2, -0.15) is 0 Å². The van der Waals surface area contributed by atoms with Gasteiger partial charge >= 0.3 is 5.97 Å². The predicted octanol–water partition coefficient (Wildman–Crippen LogP) is 2.64. The van der Waals surface area contributed by atoms with E-state index in [2.05, 4.69) is 19.2 Å². The third-order valence-electron chi connectivity index (χ3n) is 5.49. The first-order valence-corrected chi connectivity index (χ1v) is 8.63. The first-order valence-electron chi connectivity index (χ1n) is 8.63. The molecule has 24 heavy (non-hydrogen) atoms. The van der Waals surface area contributed by atoms with Crippen molar-refractivity contribution in [3.8, 4) is 0 Å². The van der Waals surface area contributed by atoms with Gasteiger partial charge in [0.15, 0.2) is 0 Å². The summed E-state index contributed by atoms with van der Waals surface area (Å²) in [5.74, 6) is -0.442. The average Bonchev–Trinajstić information content (AvgIpc) is 2.58. The van der Waals surface area contributed by atoms with Crippen molar-refractivity contribution in [2.75, 3.05) is 6.61 Å². The van der Waals surface area contributed by atoms with Gasteiger partial charge in [-0.3, -0.25) is 4.79 Å². The highest BCUT2D eigenvalue weighted by molar-refractivity contribution is 5.87. The number of hydrogen-bond donors (Lipinski definition) is 2. The van der Waals surface area contributed by atoms with Crippen molar-refractivity contribution in [2.24, 2.45) is 11.3 Å². The molecule has 1 saturated heterocycles. The smallest absolute Gasteiger partial charge is 0.335 e. The van der Waals surface area contributed by atoms with Crippen molar-refractivity contribution in [2.45, 2.75) is 51.7 Å². The summed E-state index contributed by atoms with van der Waals surface area (Å²) in [7, 11) is 0. The first kappa shape index (κ1) is 17.0. The Hall–Kier alpha value is -1.88. The number of amides is 1. The molecule has 2 aliphatic rings. The molecule has 0 bridgehead atoms. The van der Waals surface area contributed by atoms with Gasteiger partial charge in [0, 0.05) is 30.4 Å². The lowest BCUT2D eigenvalue weighted by Crippen LogP contribution is -2.70. The van der Waals surface area contributed by atoms with Gasteiger partial charge in [-0.15, -0.1) is 0 Å². The van der Waals surface area contributed by atoms with Crippen LogP contribution in [-0.2, 0) is 16.0 Å². The molecule has 3 unspecified atom stereocenters. The zero-order chi connectivity index (χ0) is 17.3. The molecular weight excluding hydrogens is 306 g/mol. The minimum atomic E-state index is -0.934. The number of carbonyl (C=O) groups excluding carboxylic acids is 1. The molecular formula is C19H25NO4. The number of aromatic carboxylic acids is 1. The van der Waals surface area contributed by atoms with Crippen LogP contribution in [0.25, 0.3) is 0 Å². The maximum absolute atomic E-state index is 12.3. The second kappa shape index (κ2) is 6.55. The normalized spacial score (nSPS) is 27.7. The maximum Gasteiger partial charge on any atom is 0.335 e. The summed E-state index contributed by atoms with van der Waals surface area (Å²) < 4.78 is 5.86. The standard InChI is InChI=1S/C19H25NO4/c1-19(2)16(14-4-3-11-24-17(14)19)20-15(21)10-7-12-5-8-13(9-6-12)18(22)23/h5-6,8-9,14,16-17H,3-4,7,10-11H2,1-2H3,(H,20,21)(H,22,23). The van der Waals surface area contributed by atoms with E-state index in [-0.39, 0.29) is 29.0 Å². The first-order chi connectivity index (χ1) is 11.4. The summed E-state index contributed by atoms with van der Waals surface area (Å²) in [6.45, 7) is 5.15. The third kappa shape index (κ3) is 3.18. The minimum absolute atomic E-state index is 0.0100. The molecule has 1 amide bonds. The summed E-state index contributed by atoms with van der Waals surface area (Å²) in [5, 5.41) is 12.1. The van der Waals surface area contributed by atoms with Crippen LogP contribution in [0.5, 0.6) is 0 Å². The lowest BCUT2D eigenvalue weighted by molar-refractivity contribution is -0.193.